The summed E-state index contributed by atoms with van der Waals surface area (Å²) in [5.74, 6) is -1.57. The summed E-state index contributed by atoms with van der Waals surface area (Å²) >= 11 is 0. The second-order valence-electron chi connectivity index (χ2n) is 4.76. The summed E-state index contributed by atoms with van der Waals surface area (Å²) in [4.78, 5) is 26.7. The zero-order chi connectivity index (χ0) is 14.7. The lowest BCUT2D eigenvalue weighted by Crippen LogP contribution is -2.42. The van der Waals surface area contributed by atoms with Crippen LogP contribution in [0.15, 0.2) is 24.3 Å². The molecule has 1 aliphatic rings. The van der Waals surface area contributed by atoms with Crippen LogP contribution in [-0.2, 0) is 9.53 Å². The minimum Gasteiger partial charge on any atom is -0.481 e. The van der Waals surface area contributed by atoms with Crippen LogP contribution >= 0.6 is 0 Å². The minimum atomic E-state index is -0.910. The number of hydrogen-bond donors (Lipinski definition) is 1. The van der Waals surface area contributed by atoms with E-state index in [0.29, 0.717) is 24.4 Å². The van der Waals surface area contributed by atoms with Gasteiger partial charge >= 0.3 is 12.0 Å². The molecule has 1 aromatic carbocycles. The largest absolute Gasteiger partial charge is 0.481 e. The van der Waals surface area contributed by atoms with E-state index in [1.807, 2.05) is 0 Å². The van der Waals surface area contributed by atoms with E-state index >= 15 is 0 Å². The number of ether oxygens (including phenoxy) is 1. The van der Waals surface area contributed by atoms with Crippen LogP contribution in [0.5, 0.6) is 0 Å². The highest BCUT2D eigenvalue weighted by Gasteiger charge is 2.37. The number of likely N-dealkylation sites (N-methyl/N-ethyl adjacent to an activating group) is 1. The van der Waals surface area contributed by atoms with Gasteiger partial charge in [0, 0.05) is 32.9 Å². The fourth-order valence-corrected chi connectivity index (χ4v) is 2.33. The van der Waals surface area contributed by atoms with Crippen LogP contribution in [0.1, 0.15) is 11.5 Å². The van der Waals surface area contributed by atoms with Gasteiger partial charge in [0.05, 0.1) is 6.61 Å². The van der Waals surface area contributed by atoms with Gasteiger partial charge in [-0.25, -0.2) is 4.79 Å². The Balaban J connectivity index is 2.22. The molecule has 2 amide bonds. The van der Waals surface area contributed by atoms with Crippen LogP contribution < -0.4 is 4.90 Å². The molecular formula is C14H18N2O4. The molecule has 1 N–H and O–H groups in total. The molecule has 1 aromatic rings. The van der Waals surface area contributed by atoms with Gasteiger partial charge < -0.3 is 14.7 Å². The molecule has 0 aromatic heterocycles. The molecule has 1 atom stereocenters. The van der Waals surface area contributed by atoms with Crippen molar-refractivity contribution in [3.8, 4) is 0 Å². The summed E-state index contributed by atoms with van der Waals surface area (Å²) in [6.45, 7) is 1.08. The smallest absolute Gasteiger partial charge is 0.324 e. The number of aliphatic carboxylic acids is 1. The van der Waals surface area contributed by atoms with Crippen molar-refractivity contribution in [1.29, 1.82) is 0 Å². The second kappa shape index (κ2) is 5.92. The average Bonchev–Trinajstić information content (AvgIpc) is 2.83. The average molecular weight is 278 g/mol. The summed E-state index contributed by atoms with van der Waals surface area (Å²) in [5.41, 5.74) is 1.36. The Morgan fingerprint density at radius 3 is 2.80 bits per heavy atom. The Morgan fingerprint density at radius 1 is 1.45 bits per heavy atom. The number of carbonyl (C=O) groups excluding carboxylic acids is 1. The third kappa shape index (κ3) is 2.60. The molecule has 6 heteroatoms. The molecule has 0 aliphatic carbocycles. The van der Waals surface area contributed by atoms with Crippen molar-refractivity contribution < 1.29 is 19.4 Å². The predicted molar refractivity (Wildman–Crippen MR) is 74.1 cm³/mol. The van der Waals surface area contributed by atoms with Crippen LogP contribution in [0.25, 0.3) is 0 Å². The molecule has 0 radical (unpaired) electrons. The number of rotatable bonds is 4. The minimum absolute atomic E-state index is 0.171. The summed E-state index contributed by atoms with van der Waals surface area (Å²) < 4.78 is 4.95. The number of fused-ring (bicyclic) bond motifs is 1. The van der Waals surface area contributed by atoms with Crippen molar-refractivity contribution >= 4 is 17.7 Å². The van der Waals surface area contributed by atoms with E-state index in [2.05, 4.69) is 0 Å². The van der Waals surface area contributed by atoms with E-state index in [0.717, 1.165) is 0 Å². The highest BCUT2D eigenvalue weighted by Crippen LogP contribution is 2.36. The normalized spacial score (nSPS) is 16.9. The van der Waals surface area contributed by atoms with Crippen molar-refractivity contribution in [2.24, 2.45) is 0 Å². The first-order chi connectivity index (χ1) is 9.56. The van der Waals surface area contributed by atoms with E-state index < -0.39 is 11.9 Å². The number of urea groups is 1. The van der Waals surface area contributed by atoms with Gasteiger partial charge in [-0.3, -0.25) is 9.69 Å². The highest BCUT2D eigenvalue weighted by molar-refractivity contribution is 5.97. The Kier molecular flexibility index (Phi) is 4.24. The number of carbonyl (C=O) groups is 2. The van der Waals surface area contributed by atoms with Crippen molar-refractivity contribution in [3.05, 3.63) is 29.8 Å². The maximum absolute atomic E-state index is 12.4. The zero-order valence-electron chi connectivity index (χ0n) is 11.6. The number of hydrogen-bond acceptors (Lipinski definition) is 3. The Hall–Kier alpha value is -2.08. The lowest BCUT2D eigenvalue weighted by atomic mass is 10.0. The lowest BCUT2D eigenvalue weighted by Gasteiger charge is -2.25. The van der Waals surface area contributed by atoms with Gasteiger partial charge in [-0.05, 0) is 11.6 Å². The van der Waals surface area contributed by atoms with E-state index in [9.17, 15) is 14.7 Å². The lowest BCUT2D eigenvalue weighted by molar-refractivity contribution is -0.138. The zero-order valence-corrected chi connectivity index (χ0v) is 11.6. The molecule has 0 fully saturated rings. The van der Waals surface area contributed by atoms with Crippen LogP contribution in [0.4, 0.5) is 10.5 Å². The number of nitrogens with zero attached hydrogens (tertiary/aromatic N) is 2. The van der Waals surface area contributed by atoms with E-state index in [1.165, 1.54) is 9.80 Å². The molecule has 20 heavy (non-hydrogen) atoms. The van der Waals surface area contributed by atoms with Crippen molar-refractivity contribution in [1.82, 2.24) is 4.90 Å². The van der Waals surface area contributed by atoms with Gasteiger partial charge in [0.2, 0.25) is 0 Å². The van der Waals surface area contributed by atoms with Crippen LogP contribution in [0.2, 0.25) is 0 Å². The molecule has 0 saturated carbocycles. The first-order valence-electron chi connectivity index (χ1n) is 6.39. The fourth-order valence-electron chi connectivity index (χ4n) is 2.33. The highest BCUT2D eigenvalue weighted by atomic mass is 16.5. The van der Waals surface area contributed by atoms with E-state index in [1.54, 1.807) is 38.4 Å². The maximum Gasteiger partial charge on any atom is 0.324 e. The van der Waals surface area contributed by atoms with E-state index in [4.69, 9.17) is 4.74 Å². The molecule has 108 valence electrons. The Bertz CT molecular complexity index is 518. The second-order valence-corrected chi connectivity index (χ2v) is 4.76. The number of amides is 2. The third-order valence-corrected chi connectivity index (χ3v) is 3.45. The van der Waals surface area contributed by atoms with E-state index in [-0.39, 0.29) is 12.6 Å². The number of methoxy groups -OCH3 is 1. The predicted octanol–water partition coefficient (Wildman–Crippen LogP) is 1.37. The van der Waals surface area contributed by atoms with Crippen LogP contribution in [0.3, 0.4) is 0 Å². The molecule has 2 rings (SSSR count). The van der Waals surface area contributed by atoms with Gasteiger partial charge in [-0.1, -0.05) is 18.2 Å². The monoisotopic (exact) mass is 278 g/mol. The first-order valence-corrected chi connectivity index (χ1v) is 6.39. The number of anilines is 1. The maximum atomic E-state index is 12.4. The molecule has 0 spiro atoms. The number of para-hydroxylation sites is 1. The molecule has 1 heterocycles. The van der Waals surface area contributed by atoms with Gasteiger partial charge in [0.25, 0.3) is 0 Å². The van der Waals surface area contributed by atoms with Gasteiger partial charge in [0.1, 0.15) is 5.92 Å². The fraction of sp³-hybridized carbons (Fsp3) is 0.429. The molecule has 1 unspecified atom stereocenters. The van der Waals surface area contributed by atoms with Crippen molar-refractivity contribution in [2.75, 3.05) is 38.8 Å². The number of carboxylic acid groups (broad SMARTS) is 1. The Labute approximate surface area is 117 Å². The molecular weight excluding hydrogens is 260 g/mol. The standard InChI is InChI=1S/C14H18N2O4/c1-15(7-8-20-2)14(19)16-9-11(13(17)18)10-5-3-4-6-12(10)16/h3-6,11H,7-9H2,1-2H3,(H,17,18). The Morgan fingerprint density at radius 2 is 2.15 bits per heavy atom. The quantitative estimate of drug-likeness (QED) is 0.903. The first kappa shape index (κ1) is 14.3. The van der Waals surface area contributed by atoms with Crippen LogP contribution in [0, 0.1) is 0 Å². The summed E-state index contributed by atoms with van der Waals surface area (Å²) in [5, 5.41) is 9.27. The number of carboxylic acids is 1. The van der Waals surface area contributed by atoms with Crippen LogP contribution in [-0.4, -0.2) is 55.9 Å². The van der Waals surface area contributed by atoms with Gasteiger partial charge in [-0.2, -0.15) is 0 Å². The topological polar surface area (TPSA) is 70.1 Å². The number of benzene rings is 1. The molecule has 0 saturated heterocycles. The SMILES string of the molecule is COCCN(C)C(=O)N1CC(C(=O)O)c2ccccc21. The molecule has 1 aliphatic heterocycles. The van der Waals surface area contributed by atoms with Crippen molar-refractivity contribution in [2.45, 2.75) is 5.92 Å². The molecule has 0 bridgehead atoms. The third-order valence-electron chi connectivity index (χ3n) is 3.45. The molecule has 6 nitrogen and oxygen atoms in total. The summed E-state index contributed by atoms with van der Waals surface area (Å²) in [7, 11) is 3.25. The van der Waals surface area contributed by atoms with Gasteiger partial charge in [0.15, 0.2) is 0 Å². The summed E-state index contributed by atoms with van der Waals surface area (Å²) in [6, 6.07) is 6.92. The van der Waals surface area contributed by atoms with Gasteiger partial charge in [-0.15, -0.1) is 0 Å². The summed E-state index contributed by atoms with van der Waals surface area (Å²) in [6.07, 6.45) is 0. The van der Waals surface area contributed by atoms with Crippen molar-refractivity contribution in [3.63, 3.8) is 0 Å².